The standard InChI is InChI=1S/C15H19N3O2/c16-7-8-20-13-5-2-4-12(9-13)18-15(19)14-6-1-3-11(14)10-17/h2,4-5,9,11,14H,1,3,6,8,10,17H2,(H,18,19). The molecule has 1 saturated carbocycles. The molecule has 1 fully saturated rings. The first-order chi connectivity index (χ1) is 9.74. The molecule has 20 heavy (non-hydrogen) atoms. The summed E-state index contributed by atoms with van der Waals surface area (Å²) in [6.07, 6.45) is 2.99. The molecule has 1 aliphatic rings. The van der Waals surface area contributed by atoms with E-state index in [1.165, 1.54) is 0 Å². The Hall–Kier alpha value is -2.06. The van der Waals surface area contributed by atoms with Gasteiger partial charge in [0.1, 0.15) is 11.8 Å². The minimum absolute atomic E-state index is 0.00341. The maximum absolute atomic E-state index is 12.2. The van der Waals surface area contributed by atoms with Crippen molar-refractivity contribution in [1.29, 1.82) is 5.26 Å². The molecule has 0 bridgehead atoms. The zero-order chi connectivity index (χ0) is 14.4. The Morgan fingerprint density at radius 3 is 3.10 bits per heavy atom. The van der Waals surface area contributed by atoms with E-state index in [4.69, 9.17) is 15.7 Å². The Labute approximate surface area is 118 Å². The van der Waals surface area contributed by atoms with Gasteiger partial charge >= 0.3 is 0 Å². The number of ether oxygens (including phenoxy) is 1. The molecule has 2 atom stereocenters. The van der Waals surface area contributed by atoms with E-state index in [9.17, 15) is 4.79 Å². The third-order valence-electron chi connectivity index (χ3n) is 3.70. The van der Waals surface area contributed by atoms with Crippen LogP contribution in [-0.2, 0) is 4.79 Å². The lowest BCUT2D eigenvalue weighted by Gasteiger charge is -2.17. The number of carbonyl (C=O) groups is 1. The second-order valence-electron chi connectivity index (χ2n) is 5.00. The number of nitrogens with one attached hydrogen (secondary N) is 1. The fourth-order valence-corrected chi connectivity index (χ4v) is 2.68. The van der Waals surface area contributed by atoms with Crippen molar-refractivity contribution in [2.24, 2.45) is 17.6 Å². The van der Waals surface area contributed by atoms with Crippen LogP contribution in [0.2, 0.25) is 0 Å². The van der Waals surface area contributed by atoms with E-state index in [1.54, 1.807) is 18.2 Å². The number of carbonyl (C=O) groups excluding carboxylic acids is 1. The van der Waals surface area contributed by atoms with Gasteiger partial charge in [-0.3, -0.25) is 4.79 Å². The smallest absolute Gasteiger partial charge is 0.227 e. The molecule has 1 aliphatic carbocycles. The highest BCUT2D eigenvalue weighted by Gasteiger charge is 2.31. The molecule has 2 rings (SSSR count). The molecule has 3 N–H and O–H groups in total. The highest BCUT2D eigenvalue weighted by atomic mass is 16.5. The quantitative estimate of drug-likeness (QED) is 0.857. The lowest BCUT2D eigenvalue weighted by atomic mass is 9.95. The molecule has 0 aromatic heterocycles. The summed E-state index contributed by atoms with van der Waals surface area (Å²) in [6, 6.07) is 8.99. The van der Waals surface area contributed by atoms with E-state index in [2.05, 4.69) is 5.32 Å². The molecule has 0 spiro atoms. The van der Waals surface area contributed by atoms with Crippen molar-refractivity contribution in [3.05, 3.63) is 24.3 Å². The van der Waals surface area contributed by atoms with Crippen LogP contribution in [0.4, 0.5) is 5.69 Å². The van der Waals surface area contributed by atoms with E-state index >= 15 is 0 Å². The summed E-state index contributed by atoms with van der Waals surface area (Å²) >= 11 is 0. The second-order valence-corrected chi connectivity index (χ2v) is 5.00. The lowest BCUT2D eigenvalue weighted by molar-refractivity contribution is -0.120. The maximum Gasteiger partial charge on any atom is 0.227 e. The minimum atomic E-state index is -0.00469. The number of nitrogens with two attached hydrogens (primary N) is 1. The average Bonchev–Trinajstić information content (AvgIpc) is 2.94. The first-order valence-corrected chi connectivity index (χ1v) is 6.85. The molecule has 1 aromatic carbocycles. The summed E-state index contributed by atoms with van der Waals surface area (Å²) in [5.41, 5.74) is 6.39. The van der Waals surface area contributed by atoms with Gasteiger partial charge in [-0.1, -0.05) is 12.5 Å². The lowest BCUT2D eigenvalue weighted by Crippen LogP contribution is -2.29. The zero-order valence-electron chi connectivity index (χ0n) is 11.3. The highest BCUT2D eigenvalue weighted by Crippen LogP contribution is 2.32. The van der Waals surface area contributed by atoms with Crippen molar-refractivity contribution in [2.45, 2.75) is 19.3 Å². The Balaban J connectivity index is 1.99. The molecule has 0 radical (unpaired) electrons. The van der Waals surface area contributed by atoms with Gasteiger partial charge in [0.2, 0.25) is 5.91 Å². The molecule has 5 nitrogen and oxygen atoms in total. The van der Waals surface area contributed by atoms with E-state index in [0.717, 1.165) is 19.3 Å². The van der Waals surface area contributed by atoms with Crippen molar-refractivity contribution in [2.75, 3.05) is 18.5 Å². The number of nitriles is 1. The normalized spacial score (nSPS) is 21.2. The molecule has 0 heterocycles. The molecular weight excluding hydrogens is 254 g/mol. The van der Waals surface area contributed by atoms with Crippen LogP contribution in [0.15, 0.2) is 24.3 Å². The summed E-state index contributed by atoms with van der Waals surface area (Å²) < 4.78 is 5.21. The van der Waals surface area contributed by atoms with E-state index < -0.39 is 0 Å². The van der Waals surface area contributed by atoms with Gasteiger partial charge in [-0.2, -0.15) is 5.26 Å². The first-order valence-electron chi connectivity index (χ1n) is 6.85. The van der Waals surface area contributed by atoms with Crippen molar-refractivity contribution < 1.29 is 9.53 Å². The summed E-state index contributed by atoms with van der Waals surface area (Å²) in [5.74, 6) is 0.887. The second kappa shape index (κ2) is 6.92. The first kappa shape index (κ1) is 14.4. The van der Waals surface area contributed by atoms with Crippen LogP contribution in [0, 0.1) is 23.2 Å². The van der Waals surface area contributed by atoms with Gasteiger partial charge in [-0.05, 0) is 37.4 Å². The summed E-state index contributed by atoms with van der Waals surface area (Å²) in [4.78, 5) is 12.2. The van der Waals surface area contributed by atoms with Gasteiger partial charge in [0.15, 0.2) is 6.61 Å². The van der Waals surface area contributed by atoms with Gasteiger partial charge in [0.05, 0.1) is 0 Å². The van der Waals surface area contributed by atoms with Crippen LogP contribution in [0.3, 0.4) is 0 Å². The number of hydrogen-bond acceptors (Lipinski definition) is 4. The van der Waals surface area contributed by atoms with Crippen LogP contribution in [0.5, 0.6) is 5.75 Å². The predicted molar refractivity (Wildman–Crippen MR) is 76.1 cm³/mol. The fourth-order valence-electron chi connectivity index (χ4n) is 2.68. The summed E-state index contributed by atoms with van der Waals surface area (Å²) in [5, 5.41) is 11.4. The molecule has 5 heteroatoms. The molecule has 1 aromatic rings. The van der Waals surface area contributed by atoms with Gasteiger partial charge in [0.25, 0.3) is 0 Å². The Morgan fingerprint density at radius 1 is 1.50 bits per heavy atom. The molecule has 1 amide bonds. The van der Waals surface area contributed by atoms with Gasteiger partial charge in [-0.15, -0.1) is 0 Å². The monoisotopic (exact) mass is 273 g/mol. The molecule has 106 valence electrons. The third-order valence-corrected chi connectivity index (χ3v) is 3.70. The summed E-state index contributed by atoms with van der Waals surface area (Å²) in [6.45, 7) is 0.554. The molecule has 2 unspecified atom stereocenters. The van der Waals surface area contributed by atoms with Crippen LogP contribution < -0.4 is 15.8 Å². The molecule has 0 aliphatic heterocycles. The van der Waals surface area contributed by atoms with Crippen LogP contribution in [0.1, 0.15) is 19.3 Å². The number of rotatable bonds is 5. The van der Waals surface area contributed by atoms with Crippen molar-refractivity contribution >= 4 is 11.6 Å². The maximum atomic E-state index is 12.2. The van der Waals surface area contributed by atoms with E-state index in [1.807, 2.05) is 12.1 Å². The SMILES string of the molecule is N#CCOc1cccc(NC(=O)C2CCCC2CN)c1. The van der Waals surface area contributed by atoms with E-state index in [-0.39, 0.29) is 24.3 Å². The Kier molecular flexibility index (Phi) is 4.97. The van der Waals surface area contributed by atoms with Crippen LogP contribution in [0.25, 0.3) is 0 Å². The topological polar surface area (TPSA) is 88.1 Å². The number of nitrogens with zero attached hydrogens (tertiary/aromatic N) is 1. The van der Waals surface area contributed by atoms with E-state index in [0.29, 0.717) is 18.0 Å². The van der Waals surface area contributed by atoms with Gasteiger partial charge < -0.3 is 15.8 Å². The van der Waals surface area contributed by atoms with Crippen molar-refractivity contribution in [3.63, 3.8) is 0 Å². The minimum Gasteiger partial charge on any atom is -0.479 e. The third kappa shape index (κ3) is 3.49. The Bertz CT molecular complexity index is 510. The number of hydrogen-bond donors (Lipinski definition) is 2. The van der Waals surface area contributed by atoms with Gasteiger partial charge in [0, 0.05) is 17.7 Å². The van der Waals surface area contributed by atoms with Crippen molar-refractivity contribution in [3.8, 4) is 11.8 Å². The number of benzene rings is 1. The highest BCUT2D eigenvalue weighted by molar-refractivity contribution is 5.93. The predicted octanol–water partition coefficient (Wildman–Crippen LogP) is 1.90. The van der Waals surface area contributed by atoms with Crippen LogP contribution in [-0.4, -0.2) is 19.1 Å². The zero-order valence-corrected chi connectivity index (χ0v) is 11.3. The van der Waals surface area contributed by atoms with Crippen molar-refractivity contribution in [1.82, 2.24) is 0 Å². The Morgan fingerprint density at radius 2 is 2.35 bits per heavy atom. The van der Waals surface area contributed by atoms with Crippen LogP contribution >= 0.6 is 0 Å². The molecule has 0 saturated heterocycles. The average molecular weight is 273 g/mol. The van der Waals surface area contributed by atoms with Gasteiger partial charge in [-0.25, -0.2) is 0 Å². The summed E-state index contributed by atoms with van der Waals surface area (Å²) in [7, 11) is 0. The number of amides is 1. The fraction of sp³-hybridized carbons (Fsp3) is 0.467. The largest absolute Gasteiger partial charge is 0.479 e. The molecular formula is C15H19N3O2. The number of anilines is 1.